The number of benzene rings is 1. The van der Waals surface area contributed by atoms with Crippen molar-refractivity contribution in [2.75, 3.05) is 5.32 Å². The highest BCUT2D eigenvalue weighted by molar-refractivity contribution is 9.10. The average Bonchev–Trinajstić information content (AvgIpc) is 2.39. The summed E-state index contributed by atoms with van der Waals surface area (Å²) in [6, 6.07) is 4.43. The molecule has 24 heavy (non-hydrogen) atoms. The first-order valence-corrected chi connectivity index (χ1v) is 8.15. The SMILES string of the molecule is CC(C)(C)OC(=O)C1=NNC(N)(Cl)C=C1Nc1ccc(Br)cc1F. The van der Waals surface area contributed by atoms with Gasteiger partial charge in [-0.05, 0) is 45.0 Å². The Morgan fingerprint density at radius 2 is 2.17 bits per heavy atom. The molecule has 0 saturated heterocycles. The van der Waals surface area contributed by atoms with Crippen molar-refractivity contribution in [3.63, 3.8) is 0 Å². The zero-order chi connectivity index (χ0) is 18.1. The fraction of sp³-hybridized carbons (Fsp3) is 0.333. The molecule has 1 heterocycles. The molecule has 1 aromatic rings. The van der Waals surface area contributed by atoms with Gasteiger partial charge in [0.1, 0.15) is 11.4 Å². The molecule has 1 aromatic carbocycles. The molecule has 1 aliphatic rings. The van der Waals surface area contributed by atoms with Crippen LogP contribution in [0.25, 0.3) is 0 Å². The Labute approximate surface area is 152 Å². The van der Waals surface area contributed by atoms with Gasteiger partial charge >= 0.3 is 5.97 Å². The average molecular weight is 420 g/mol. The number of hydrazone groups is 1. The van der Waals surface area contributed by atoms with Crippen LogP contribution in [-0.4, -0.2) is 22.4 Å². The molecule has 9 heteroatoms. The number of rotatable bonds is 3. The lowest BCUT2D eigenvalue weighted by atomic mass is 10.1. The molecule has 1 atom stereocenters. The van der Waals surface area contributed by atoms with Gasteiger partial charge in [-0.25, -0.2) is 9.18 Å². The lowest BCUT2D eigenvalue weighted by Gasteiger charge is -2.27. The number of anilines is 1. The van der Waals surface area contributed by atoms with E-state index in [0.717, 1.165) is 0 Å². The fourth-order valence-electron chi connectivity index (χ4n) is 1.83. The van der Waals surface area contributed by atoms with Gasteiger partial charge in [0.2, 0.25) is 0 Å². The lowest BCUT2D eigenvalue weighted by Crippen LogP contribution is -2.49. The largest absolute Gasteiger partial charge is 0.455 e. The monoisotopic (exact) mass is 418 g/mol. The van der Waals surface area contributed by atoms with E-state index in [1.54, 1.807) is 26.8 Å². The van der Waals surface area contributed by atoms with Gasteiger partial charge in [0.25, 0.3) is 0 Å². The minimum atomic E-state index is -1.51. The number of hydrogen-bond acceptors (Lipinski definition) is 6. The number of hydrogen-bond donors (Lipinski definition) is 3. The molecular weight excluding hydrogens is 403 g/mol. The molecule has 0 radical (unpaired) electrons. The smallest absolute Gasteiger partial charge is 0.361 e. The first kappa shape index (κ1) is 18.7. The number of carbonyl (C=O) groups is 1. The Kier molecular flexibility index (Phi) is 5.22. The van der Waals surface area contributed by atoms with Crippen LogP contribution >= 0.6 is 27.5 Å². The number of nitrogens with zero attached hydrogens (tertiary/aromatic N) is 1. The summed E-state index contributed by atoms with van der Waals surface area (Å²) in [5.41, 5.74) is 7.65. The predicted octanol–water partition coefficient (Wildman–Crippen LogP) is 3.04. The fourth-order valence-corrected chi connectivity index (χ4v) is 2.31. The number of halogens is 3. The van der Waals surface area contributed by atoms with Crippen molar-refractivity contribution in [1.29, 1.82) is 0 Å². The summed E-state index contributed by atoms with van der Waals surface area (Å²) in [6.45, 7) is 5.17. The summed E-state index contributed by atoms with van der Waals surface area (Å²) in [5, 5.41) is 5.13. The summed E-state index contributed by atoms with van der Waals surface area (Å²) in [4.78, 5) is 12.3. The number of esters is 1. The Morgan fingerprint density at radius 1 is 1.50 bits per heavy atom. The molecule has 0 aliphatic carbocycles. The number of nitrogens with two attached hydrogens (primary N) is 1. The van der Waals surface area contributed by atoms with Crippen molar-refractivity contribution in [2.45, 2.75) is 31.5 Å². The third-order valence-corrected chi connectivity index (χ3v) is 3.43. The second kappa shape index (κ2) is 6.70. The minimum absolute atomic E-state index is 0.0889. The molecule has 6 nitrogen and oxygen atoms in total. The molecule has 0 saturated carbocycles. The molecule has 4 N–H and O–H groups in total. The predicted molar refractivity (Wildman–Crippen MR) is 95.0 cm³/mol. The quantitative estimate of drug-likeness (QED) is 0.398. The Bertz CT molecular complexity index is 729. The molecule has 0 aromatic heterocycles. The van der Waals surface area contributed by atoms with Crippen LogP contribution in [0.15, 0.2) is 39.5 Å². The van der Waals surface area contributed by atoms with E-state index >= 15 is 0 Å². The number of nitrogens with one attached hydrogen (secondary N) is 2. The van der Waals surface area contributed by atoms with Crippen molar-refractivity contribution in [1.82, 2.24) is 5.43 Å². The van der Waals surface area contributed by atoms with Gasteiger partial charge in [-0.2, -0.15) is 5.10 Å². The topological polar surface area (TPSA) is 88.7 Å². The number of ether oxygens (including phenoxy) is 1. The maximum atomic E-state index is 14.0. The molecule has 130 valence electrons. The van der Waals surface area contributed by atoms with Gasteiger partial charge in [0.05, 0.1) is 11.4 Å². The molecule has 0 amide bonds. The van der Waals surface area contributed by atoms with E-state index in [0.29, 0.717) is 4.47 Å². The van der Waals surface area contributed by atoms with Gasteiger partial charge in [-0.1, -0.05) is 27.5 Å². The zero-order valence-electron chi connectivity index (χ0n) is 13.3. The van der Waals surface area contributed by atoms with Gasteiger partial charge in [-0.15, -0.1) is 0 Å². The van der Waals surface area contributed by atoms with E-state index in [9.17, 15) is 9.18 Å². The van der Waals surface area contributed by atoms with Crippen molar-refractivity contribution >= 4 is 44.9 Å². The number of alkyl halides is 1. The van der Waals surface area contributed by atoms with Crippen molar-refractivity contribution in [3.05, 3.63) is 40.3 Å². The van der Waals surface area contributed by atoms with Crippen LogP contribution in [0.3, 0.4) is 0 Å². The van der Waals surface area contributed by atoms with Crippen molar-refractivity contribution in [2.24, 2.45) is 10.8 Å². The van der Waals surface area contributed by atoms with Crippen molar-refractivity contribution in [3.8, 4) is 0 Å². The molecule has 0 bridgehead atoms. The van der Waals surface area contributed by atoms with Gasteiger partial charge in [0.15, 0.2) is 10.8 Å². The van der Waals surface area contributed by atoms with E-state index in [1.165, 1.54) is 18.2 Å². The highest BCUT2D eigenvalue weighted by atomic mass is 79.9. The zero-order valence-corrected chi connectivity index (χ0v) is 15.6. The molecule has 1 unspecified atom stereocenters. The summed E-state index contributed by atoms with van der Waals surface area (Å²) in [7, 11) is 0. The van der Waals surface area contributed by atoms with E-state index in [1.807, 2.05) is 0 Å². The summed E-state index contributed by atoms with van der Waals surface area (Å²) >= 11 is 9.17. The minimum Gasteiger partial charge on any atom is -0.455 e. The Hall–Kier alpha value is -1.64. The van der Waals surface area contributed by atoms with Gasteiger partial charge in [0, 0.05) is 4.47 Å². The van der Waals surface area contributed by atoms with E-state index < -0.39 is 22.5 Å². The van der Waals surface area contributed by atoms with E-state index in [2.05, 4.69) is 31.8 Å². The molecular formula is C15H17BrClFN4O2. The second-order valence-corrected chi connectivity index (χ2v) is 7.69. The Balaban J connectivity index is 2.32. The third-order valence-electron chi connectivity index (χ3n) is 2.74. The van der Waals surface area contributed by atoms with Crippen LogP contribution in [0, 0.1) is 5.82 Å². The first-order chi connectivity index (χ1) is 11.0. The third kappa shape index (κ3) is 4.93. The Morgan fingerprint density at radius 3 is 2.75 bits per heavy atom. The molecule has 1 aliphatic heterocycles. The highest BCUT2D eigenvalue weighted by Gasteiger charge is 2.32. The number of carbonyl (C=O) groups excluding carboxylic acids is 1. The summed E-state index contributed by atoms with van der Waals surface area (Å²) in [6.07, 6.45) is 1.32. The summed E-state index contributed by atoms with van der Waals surface area (Å²) < 4.78 is 19.9. The first-order valence-electron chi connectivity index (χ1n) is 6.98. The van der Waals surface area contributed by atoms with E-state index in [4.69, 9.17) is 22.1 Å². The van der Waals surface area contributed by atoms with Crippen molar-refractivity contribution < 1.29 is 13.9 Å². The van der Waals surface area contributed by atoms with Crippen LogP contribution < -0.4 is 16.5 Å². The van der Waals surface area contributed by atoms with Crippen LogP contribution in [0.1, 0.15) is 20.8 Å². The maximum absolute atomic E-state index is 14.0. The molecule has 2 rings (SSSR count). The highest BCUT2D eigenvalue weighted by Crippen LogP contribution is 2.24. The lowest BCUT2D eigenvalue weighted by molar-refractivity contribution is -0.146. The van der Waals surface area contributed by atoms with Crippen LogP contribution in [0.2, 0.25) is 0 Å². The molecule has 0 spiro atoms. The van der Waals surface area contributed by atoms with Crippen LogP contribution in [-0.2, 0) is 9.53 Å². The van der Waals surface area contributed by atoms with Crippen LogP contribution in [0.5, 0.6) is 0 Å². The summed E-state index contributed by atoms with van der Waals surface area (Å²) in [5.74, 6) is -1.22. The maximum Gasteiger partial charge on any atom is 0.361 e. The standard InChI is InChI=1S/C15H17BrClFN4O2/c1-14(2,3)24-13(23)12-11(7-15(17,19)22-21-12)20-10-5-4-8(16)6-9(10)18/h4-7,20,22H,19H2,1-3H3. The normalized spacial score (nSPS) is 20.6. The van der Waals surface area contributed by atoms with Gasteiger partial charge < -0.3 is 10.1 Å². The molecule has 0 fully saturated rings. The van der Waals surface area contributed by atoms with Gasteiger partial charge in [-0.3, -0.25) is 11.2 Å². The van der Waals surface area contributed by atoms with Crippen LogP contribution in [0.4, 0.5) is 10.1 Å². The van der Waals surface area contributed by atoms with E-state index in [-0.39, 0.29) is 17.1 Å². The second-order valence-electron chi connectivity index (χ2n) is 6.15.